The van der Waals surface area contributed by atoms with Crippen LogP contribution in [0.1, 0.15) is 48.4 Å². The summed E-state index contributed by atoms with van der Waals surface area (Å²) in [6.07, 6.45) is 4.92. The minimum Gasteiger partial charge on any atom is -0.373 e. The molecule has 1 aromatic heterocycles. The summed E-state index contributed by atoms with van der Waals surface area (Å²) in [7, 11) is 0. The molecule has 3 rings (SSSR count). The standard InChI is InChI=1S/C23H37N3O2/c1-6-9-26-17(2)12-22(20(26)5)23(27)16-24-10-7-21(8-11-24)15-25-13-18(3)28-19(4)14-25/h6,12,18-19,21H,1,7-11,13-16H2,2-5H3. The van der Waals surface area contributed by atoms with Crippen molar-refractivity contribution in [3.63, 3.8) is 0 Å². The van der Waals surface area contributed by atoms with Gasteiger partial charge in [0.2, 0.25) is 0 Å². The number of hydrogen-bond donors (Lipinski definition) is 0. The zero-order valence-corrected chi connectivity index (χ0v) is 18.1. The van der Waals surface area contributed by atoms with Crippen molar-refractivity contribution < 1.29 is 9.53 Å². The molecule has 2 aliphatic heterocycles. The predicted molar refractivity (Wildman–Crippen MR) is 114 cm³/mol. The van der Waals surface area contributed by atoms with Crippen molar-refractivity contribution in [2.75, 3.05) is 39.3 Å². The first-order chi connectivity index (χ1) is 13.4. The van der Waals surface area contributed by atoms with E-state index >= 15 is 0 Å². The normalized spacial score (nSPS) is 25.1. The Hall–Kier alpha value is -1.43. The molecule has 0 spiro atoms. The molecular weight excluding hydrogens is 350 g/mol. The van der Waals surface area contributed by atoms with Crippen molar-refractivity contribution in [1.82, 2.24) is 14.4 Å². The molecule has 0 aromatic carbocycles. The highest BCUT2D eigenvalue weighted by atomic mass is 16.5. The van der Waals surface area contributed by atoms with E-state index in [1.54, 1.807) is 0 Å². The van der Waals surface area contributed by atoms with E-state index in [2.05, 4.69) is 41.7 Å². The van der Waals surface area contributed by atoms with E-state index in [0.717, 1.165) is 55.6 Å². The number of ether oxygens (including phenoxy) is 1. The van der Waals surface area contributed by atoms with Crippen molar-refractivity contribution in [3.8, 4) is 0 Å². The summed E-state index contributed by atoms with van der Waals surface area (Å²) in [5.41, 5.74) is 3.07. The number of likely N-dealkylation sites (tertiary alicyclic amines) is 1. The lowest BCUT2D eigenvalue weighted by Crippen LogP contribution is -2.48. The molecule has 0 aliphatic carbocycles. The first-order valence-corrected chi connectivity index (χ1v) is 10.8. The van der Waals surface area contributed by atoms with Crippen molar-refractivity contribution in [1.29, 1.82) is 0 Å². The second-order valence-corrected chi connectivity index (χ2v) is 8.80. The molecule has 1 aromatic rings. The highest BCUT2D eigenvalue weighted by Gasteiger charge is 2.27. The second kappa shape index (κ2) is 9.38. The van der Waals surface area contributed by atoms with Gasteiger partial charge >= 0.3 is 0 Å². The summed E-state index contributed by atoms with van der Waals surface area (Å²) in [6.45, 7) is 18.9. The minimum atomic E-state index is 0.248. The Balaban J connectivity index is 1.48. The summed E-state index contributed by atoms with van der Waals surface area (Å²) in [5.74, 6) is 0.985. The first kappa shape index (κ1) is 21.3. The summed E-state index contributed by atoms with van der Waals surface area (Å²) >= 11 is 0. The third-order valence-corrected chi connectivity index (χ3v) is 6.27. The maximum absolute atomic E-state index is 12.9. The molecule has 28 heavy (non-hydrogen) atoms. The van der Waals surface area contributed by atoms with Crippen molar-refractivity contribution in [2.24, 2.45) is 5.92 Å². The van der Waals surface area contributed by atoms with E-state index in [1.165, 1.54) is 19.4 Å². The molecule has 2 atom stereocenters. The Morgan fingerprint density at radius 3 is 2.43 bits per heavy atom. The number of allylic oxidation sites excluding steroid dienone is 1. The summed E-state index contributed by atoms with van der Waals surface area (Å²) < 4.78 is 8.01. The van der Waals surface area contributed by atoms with Crippen LogP contribution in [0.5, 0.6) is 0 Å². The zero-order chi connectivity index (χ0) is 20.3. The fourth-order valence-electron chi connectivity index (χ4n) is 4.91. The van der Waals surface area contributed by atoms with Gasteiger partial charge in [-0.2, -0.15) is 0 Å². The van der Waals surface area contributed by atoms with E-state index in [0.29, 0.717) is 18.8 Å². The van der Waals surface area contributed by atoms with Gasteiger partial charge in [0.15, 0.2) is 5.78 Å². The van der Waals surface area contributed by atoms with Gasteiger partial charge in [0.1, 0.15) is 0 Å². The van der Waals surface area contributed by atoms with Crippen LogP contribution in [0.2, 0.25) is 0 Å². The first-order valence-electron chi connectivity index (χ1n) is 10.8. The molecule has 2 fully saturated rings. The number of aromatic nitrogens is 1. The van der Waals surface area contributed by atoms with E-state index in [9.17, 15) is 4.79 Å². The lowest BCUT2D eigenvalue weighted by atomic mass is 9.95. The zero-order valence-electron chi connectivity index (χ0n) is 18.1. The number of aryl methyl sites for hydroxylation is 1. The molecule has 2 aliphatic rings. The van der Waals surface area contributed by atoms with E-state index in [4.69, 9.17) is 4.74 Å². The van der Waals surface area contributed by atoms with Gasteiger partial charge < -0.3 is 9.30 Å². The fourth-order valence-corrected chi connectivity index (χ4v) is 4.91. The Labute approximate surface area is 170 Å². The van der Waals surface area contributed by atoms with Crippen molar-refractivity contribution in [2.45, 2.75) is 59.3 Å². The van der Waals surface area contributed by atoms with E-state index in [1.807, 2.05) is 19.1 Å². The highest BCUT2D eigenvalue weighted by molar-refractivity contribution is 5.99. The van der Waals surface area contributed by atoms with Gasteiger partial charge in [-0.05, 0) is 65.6 Å². The van der Waals surface area contributed by atoms with E-state index < -0.39 is 0 Å². The van der Waals surface area contributed by atoms with Gasteiger partial charge in [0.25, 0.3) is 0 Å². The highest BCUT2D eigenvalue weighted by Crippen LogP contribution is 2.22. The number of nitrogens with zero attached hydrogens (tertiary/aromatic N) is 3. The van der Waals surface area contributed by atoms with Crippen molar-refractivity contribution in [3.05, 3.63) is 35.7 Å². The van der Waals surface area contributed by atoms with Crippen LogP contribution in [0.3, 0.4) is 0 Å². The topological polar surface area (TPSA) is 37.7 Å². The fraction of sp³-hybridized carbons (Fsp3) is 0.696. The molecule has 0 amide bonds. The van der Waals surface area contributed by atoms with Crippen LogP contribution >= 0.6 is 0 Å². The average Bonchev–Trinajstić information content (AvgIpc) is 2.91. The molecule has 3 heterocycles. The number of morpholine rings is 1. The molecule has 2 unspecified atom stereocenters. The predicted octanol–water partition coefficient (Wildman–Crippen LogP) is 3.29. The maximum atomic E-state index is 12.9. The Bertz CT molecular complexity index is 678. The number of carbonyl (C=O) groups is 1. The minimum absolute atomic E-state index is 0.248. The molecule has 0 N–H and O–H groups in total. The molecule has 0 bridgehead atoms. The Morgan fingerprint density at radius 1 is 1.18 bits per heavy atom. The van der Waals surface area contributed by atoms with Crippen LogP contribution in [-0.4, -0.2) is 71.6 Å². The van der Waals surface area contributed by atoms with Crippen LogP contribution in [0.4, 0.5) is 0 Å². The van der Waals surface area contributed by atoms with Crippen LogP contribution < -0.4 is 0 Å². The number of rotatable bonds is 7. The third-order valence-electron chi connectivity index (χ3n) is 6.27. The molecule has 2 saturated heterocycles. The van der Waals surface area contributed by atoms with Gasteiger partial charge in [0, 0.05) is 43.1 Å². The summed E-state index contributed by atoms with van der Waals surface area (Å²) in [5, 5.41) is 0. The quantitative estimate of drug-likeness (QED) is 0.531. The Morgan fingerprint density at radius 2 is 1.82 bits per heavy atom. The number of Topliss-reactive ketones (excluding diaryl/α,β-unsaturated/α-hetero) is 1. The smallest absolute Gasteiger partial charge is 0.178 e. The SMILES string of the molecule is C=CCn1c(C)cc(C(=O)CN2CCC(CN3CC(C)OC(C)C3)CC2)c1C. The van der Waals surface area contributed by atoms with E-state index in [-0.39, 0.29) is 5.78 Å². The lowest BCUT2D eigenvalue weighted by Gasteiger charge is -2.39. The molecule has 5 nitrogen and oxygen atoms in total. The molecule has 0 radical (unpaired) electrons. The summed E-state index contributed by atoms with van der Waals surface area (Å²) in [4.78, 5) is 17.8. The van der Waals surface area contributed by atoms with Gasteiger partial charge in [-0.25, -0.2) is 0 Å². The summed E-state index contributed by atoms with van der Waals surface area (Å²) in [6, 6.07) is 2.04. The van der Waals surface area contributed by atoms with Crippen molar-refractivity contribution >= 4 is 5.78 Å². The van der Waals surface area contributed by atoms with Crippen LogP contribution in [0.25, 0.3) is 0 Å². The van der Waals surface area contributed by atoms with Gasteiger partial charge in [-0.1, -0.05) is 6.08 Å². The molecule has 156 valence electrons. The largest absolute Gasteiger partial charge is 0.373 e. The van der Waals surface area contributed by atoms with Crippen LogP contribution in [0.15, 0.2) is 18.7 Å². The third kappa shape index (κ3) is 5.13. The monoisotopic (exact) mass is 387 g/mol. The Kier molecular flexibility index (Phi) is 7.13. The molecular formula is C23H37N3O2. The van der Waals surface area contributed by atoms with Crippen LogP contribution in [0, 0.1) is 19.8 Å². The van der Waals surface area contributed by atoms with Gasteiger partial charge in [0.05, 0.1) is 18.8 Å². The number of piperidine rings is 1. The second-order valence-electron chi connectivity index (χ2n) is 8.80. The number of carbonyl (C=O) groups excluding carboxylic acids is 1. The van der Waals surface area contributed by atoms with Gasteiger partial charge in [-0.3, -0.25) is 14.6 Å². The lowest BCUT2D eigenvalue weighted by molar-refractivity contribution is -0.0731. The average molecular weight is 388 g/mol. The van der Waals surface area contributed by atoms with Crippen LogP contribution in [-0.2, 0) is 11.3 Å². The molecule has 5 heteroatoms. The maximum Gasteiger partial charge on any atom is 0.178 e. The number of hydrogen-bond acceptors (Lipinski definition) is 4. The molecule has 0 saturated carbocycles. The number of ketones is 1. The van der Waals surface area contributed by atoms with Gasteiger partial charge in [-0.15, -0.1) is 6.58 Å².